The van der Waals surface area contributed by atoms with Crippen LogP contribution in [0.2, 0.25) is 0 Å². The molecule has 0 spiro atoms. The summed E-state index contributed by atoms with van der Waals surface area (Å²) in [4.78, 5) is 6.56. The molecule has 6 nitrogen and oxygen atoms in total. The van der Waals surface area contributed by atoms with E-state index in [1.807, 2.05) is 26.2 Å². The van der Waals surface area contributed by atoms with Crippen LogP contribution in [0.3, 0.4) is 0 Å². The van der Waals surface area contributed by atoms with Crippen molar-refractivity contribution >= 4 is 29.9 Å². The summed E-state index contributed by atoms with van der Waals surface area (Å²) < 4.78 is 12.9. The molecule has 28 heavy (non-hydrogen) atoms. The van der Waals surface area contributed by atoms with Gasteiger partial charge in [0.2, 0.25) is 0 Å². The average Bonchev–Trinajstić information content (AvgIpc) is 3.06. The van der Waals surface area contributed by atoms with E-state index in [1.54, 1.807) is 14.2 Å². The predicted molar refractivity (Wildman–Crippen MR) is 126 cm³/mol. The highest BCUT2D eigenvalue weighted by Crippen LogP contribution is 2.32. The van der Waals surface area contributed by atoms with E-state index in [-0.39, 0.29) is 29.4 Å². The molecule has 0 aliphatic heterocycles. The molecule has 0 amide bonds. The van der Waals surface area contributed by atoms with Crippen LogP contribution in [0, 0.1) is 0 Å². The van der Waals surface area contributed by atoms with Crippen LogP contribution in [-0.2, 0) is 19.0 Å². The van der Waals surface area contributed by atoms with Gasteiger partial charge in [0.1, 0.15) is 0 Å². The van der Waals surface area contributed by atoms with Crippen LogP contribution in [-0.4, -0.2) is 50.3 Å². The van der Waals surface area contributed by atoms with Crippen LogP contribution in [0.25, 0.3) is 0 Å². The summed E-state index contributed by atoms with van der Waals surface area (Å²) in [7, 11) is 9.22. The Morgan fingerprint density at radius 3 is 2.39 bits per heavy atom. The Hall–Kier alpha value is -1.90. The van der Waals surface area contributed by atoms with Crippen LogP contribution in [0.4, 0.5) is 0 Å². The number of hydrogen-bond donors (Lipinski definition) is 1. The van der Waals surface area contributed by atoms with Crippen molar-refractivity contribution in [3.63, 3.8) is 0 Å². The summed E-state index contributed by atoms with van der Waals surface area (Å²) in [6.07, 6.45) is 2.06. The highest BCUT2D eigenvalue weighted by atomic mass is 127. The van der Waals surface area contributed by atoms with E-state index in [4.69, 9.17) is 9.47 Å². The monoisotopic (exact) mass is 500 g/mol. The highest BCUT2D eigenvalue weighted by Gasteiger charge is 2.23. The summed E-state index contributed by atoms with van der Waals surface area (Å²) in [6.45, 7) is 5.93. The van der Waals surface area contributed by atoms with Gasteiger partial charge in [-0.05, 0) is 29.8 Å². The van der Waals surface area contributed by atoms with Crippen molar-refractivity contribution in [3.8, 4) is 11.5 Å². The standard InChI is InChI=1S/C21H32N4O2.HI/c1-21(2,16-10-11-18(26-6)19(13-16)27-7)15-23-20(22-3)25(5)14-17-9-8-12-24(17)4;/h8-13H,14-15H2,1-7H3,(H,22,23);1H. The van der Waals surface area contributed by atoms with E-state index >= 15 is 0 Å². The lowest BCUT2D eigenvalue weighted by molar-refractivity contribution is 0.353. The molecular formula is C21H33IN4O2. The molecule has 0 atom stereocenters. The molecule has 0 bridgehead atoms. The smallest absolute Gasteiger partial charge is 0.193 e. The minimum atomic E-state index is -0.110. The predicted octanol–water partition coefficient (Wildman–Crippen LogP) is 3.65. The molecule has 0 aliphatic rings. The van der Waals surface area contributed by atoms with E-state index < -0.39 is 0 Å². The lowest BCUT2D eigenvalue weighted by Gasteiger charge is -2.30. The van der Waals surface area contributed by atoms with Gasteiger partial charge in [0.25, 0.3) is 0 Å². The number of aromatic nitrogens is 1. The number of nitrogens with zero attached hydrogens (tertiary/aromatic N) is 3. The fourth-order valence-corrected chi connectivity index (χ4v) is 3.02. The molecule has 0 fully saturated rings. The largest absolute Gasteiger partial charge is 0.493 e. The minimum Gasteiger partial charge on any atom is -0.493 e. The molecule has 1 N–H and O–H groups in total. The molecule has 1 heterocycles. The van der Waals surface area contributed by atoms with Gasteiger partial charge in [-0.15, -0.1) is 24.0 Å². The molecular weight excluding hydrogens is 467 g/mol. The second-order valence-electron chi connectivity index (χ2n) is 7.32. The molecule has 1 aromatic carbocycles. The van der Waals surface area contributed by atoms with Crippen molar-refractivity contribution in [1.29, 1.82) is 0 Å². The Bertz CT molecular complexity index is 786. The van der Waals surface area contributed by atoms with E-state index in [1.165, 1.54) is 11.3 Å². The zero-order chi connectivity index (χ0) is 20.0. The normalized spacial score (nSPS) is 11.6. The zero-order valence-corrected chi connectivity index (χ0v) is 20.3. The van der Waals surface area contributed by atoms with Crippen LogP contribution in [0.5, 0.6) is 11.5 Å². The zero-order valence-electron chi connectivity index (χ0n) is 17.9. The van der Waals surface area contributed by atoms with E-state index in [2.05, 4.69) is 65.1 Å². The fourth-order valence-electron chi connectivity index (χ4n) is 3.02. The van der Waals surface area contributed by atoms with Gasteiger partial charge in [0.05, 0.1) is 20.8 Å². The quantitative estimate of drug-likeness (QED) is 0.359. The Balaban J connectivity index is 0.00000392. The van der Waals surface area contributed by atoms with Crippen molar-refractivity contribution < 1.29 is 9.47 Å². The van der Waals surface area contributed by atoms with Gasteiger partial charge in [-0.1, -0.05) is 19.9 Å². The molecule has 0 unspecified atom stereocenters. The molecule has 2 aromatic rings. The third-order valence-corrected chi connectivity index (χ3v) is 4.88. The number of hydrogen-bond acceptors (Lipinski definition) is 3. The number of nitrogens with one attached hydrogen (secondary N) is 1. The first kappa shape index (κ1) is 24.1. The number of benzene rings is 1. The first-order valence-electron chi connectivity index (χ1n) is 9.07. The number of rotatable bonds is 7. The van der Waals surface area contributed by atoms with Crippen LogP contribution in [0.1, 0.15) is 25.1 Å². The van der Waals surface area contributed by atoms with Gasteiger partial charge in [-0.2, -0.15) is 0 Å². The highest BCUT2D eigenvalue weighted by molar-refractivity contribution is 14.0. The van der Waals surface area contributed by atoms with Crippen molar-refractivity contribution in [2.75, 3.05) is 34.9 Å². The van der Waals surface area contributed by atoms with Crippen molar-refractivity contribution in [2.45, 2.75) is 25.8 Å². The molecule has 2 rings (SSSR count). The number of halogens is 1. The molecule has 1 aromatic heterocycles. The van der Waals surface area contributed by atoms with Crippen LogP contribution >= 0.6 is 24.0 Å². The van der Waals surface area contributed by atoms with Gasteiger partial charge in [0, 0.05) is 45.0 Å². The number of guanidine groups is 1. The summed E-state index contributed by atoms with van der Waals surface area (Å²) >= 11 is 0. The SMILES string of the molecule is CN=C(NCC(C)(C)c1ccc(OC)c(OC)c1)N(C)Cc1cccn1C.I. The second-order valence-corrected chi connectivity index (χ2v) is 7.32. The van der Waals surface area contributed by atoms with Gasteiger partial charge in [-0.25, -0.2) is 0 Å². The fraction of sp³-hybridized carbons (Fsp3) is 0.476. The van der Waals surface area contributed by atoms with Gasteiger partial charge >= 0.3 is 0 Å². The maximum absolute atomic E-state index is 5.45. The molecule has 0 saturated heterocycles. The number of aryl methyl sites for hydroxylation is 1. The molecule has 0 saturated carbocycles. The summed E-state index contributed by atoms with van der Waals surface area (Å²) in [5, 5.41) is 3.50. The third kappa shape index (κ3) is 5.80. The van der Waals surface area contributed by atoms with E-state index in [9.17, 15) is 0 Å². The lowest BCUT2D eigenvalue weighted by atomic mass is 9.84. The second kappa shape index (κ2) is 10.6. The summed E-state index contributed by atoms with van der Waals surface area (Å²) in [5.41, 5.74) is 2.30. The molecule has 0 radical (unpaired) electrons. The Kier molecular flexibility index (Phi) is 9.13. The van der Waals surface area contributed by atoms with Gasteiger partial charge < -0.3 is 24.3 Å². The third-order valence-electron chi connectivity index (χ3n) is 4.88. The Labute approximate surface area is 185 Å². The van der Waals surface area contributed by atoms with Gasteiger partial charge in [0.15, 0.2) is 17.5 Å². The van der Waals surface area contributed by atoms with Crippen molar-refractivity contribution in [1.82, 2.24) is 14.8 Å². The minimum absolute atomic E-state index is 0. The number of methoxy groups -OCH3 is 2. The first-order chi connectivity index (χ1) is 12.8. The first-order valence-corrected chi connectivity index (χ1v) is 9.07. The Morgan fingerprint density at radius 1 is 1.18 bits per heavy atom. The lowest BCUT2D eigenvalue weighted by Crippen LogP contribution is -2.44. The van der Waals surface area contributed by atoms with E-state index in [0.29, 0.717) is 0 Å². The maximum atomic E-state index is 5.45. The molecule has 156 valence electrons. The van der Waals surface area contributed by atoms with E-state index in [0.717, 1.165) is 30.5 Å². The number of ether oxygens (including phenoxy) is 2. The van der Waals surface area contributed by atoms with Crippen LogP contribution in [0.15, 0.2) is 41.5 Å². The average molecular weight is 500 g/mol. The summed E-state index contributed by atoms with van der Waals surface area (Å²) in [6, 6.07) is 10.2. The Morgan fingerprint density at radius 2 is 1.86 bits per heavy atom. The van der Waals surface area contributed by atoms with Crippen molar-refractivity contribution in [2.24, 2.45) is 12.0 Å². The molecule has 0 aliphatic carbocycles. The molecule has 7 heteroatoms. The van der Waals surface area contributed by atoms with Gasteiger partial charge in [-0.3, -0.25) is 4.99 Å². The summed E-state index contributed by atoms with van der Waals surface area (Å²) in [5.74, 6) is 2.35. The number of aliphatic imine (C=N–C) groups is 1. The topological polar surface area (TPSA) is 51.0 Å². The van der Waals surface area contributed by atoms with Crippen LogP contribution < -0.4 is 14.8 Å². The van der Waals surface area contributed by atoms with Crippen molar-refractivity contribution in [3.05, 3.63) is 47.8 Å². The maximum Gasteiger partial charge on any atom is 0.193 e.